The van der Waals surface area contributed by atoms with Crippen LogP contribution in [-0.2, 0) is 22.5 Å². The molecule has 1 aromatic heterocycles. The van der Waals surface area contributed by atoms with Gasteiger partial charge < -0.3 is 9.30 Å². The van der Waals surface area contributed by atoms with Crippen LogP contribution in [0.2, 0.25) is 25.7 Å². The molecule has 0 radical (unpaired) electrons. The summed E-state index contributed by atoms with van der Waals surface area (Å²) < 4.78 is 66.3. The molecule has 8 nitrogen and oxygen atoms in total. The van der Waals surface area contributed by atoms with E-state index < -0.39 is 53.9 Å². The monoisotopic (exact) mass is 704 g/mol. The topological polar surface area (TPSA) is 93.5 Å². The molecule has 0 saturated heterocycles. The highest BCUT2D eigenvalue weighted by Gasteiger charge is 2.50. The number of imide groups is 1. The van der Waals surface area contributed by atoms with Crippen LogP contribution in [0.5, 0.6) is 0 Å². The number of benzene rings is 2. The second kappa shape index (κ2) is 13.1. The van der Waals surface area contributed by atoms with Crippen LogP contribution < -0.4 is 4.72 Å². The van der Waals surface area contributed by atoms with Gasteiger partial charge >= 0.3 is 6.18 Å². The Morgan fingerprint density at radius 1 is 1.00 bits per heavy atom. The first-order chi connectivity index (χ1) is 22.2. The zero-order chi connectivity index (χ0) is 35.4. The molecule has 3 aromatic rings. The van der Waals surface area contributed by atoms with E-state index in [1.54, 1.807) is 49.6 Å². The summed E-state index contributed by atoms with van der Waals surface area (Å²) in [6.07, 6.45) is -3.21. The second-order valence-electron chi connectivity index (χ2n) is 15.9. The maximum Gasteiger partial charge on any atom is 0.394 e. The number of fused-ring (bicyclic) bond motifs is 2. The van der Waals surface area contributed by atoms with E-state index in [1.807, 2.05) is 18.2 Å². The van der Waals surface area contributed by atoms with Crippen molar-refractivity contribution in [2.24, 2.45) is 11.3 Å². The van der Waals surface area contributed by atoms with E-state index in [0.29, 0.717) is 28.8 Å². The Balaban J connectivity index is 1.59. The summed E-state index contributed by atoms with van der Waals surface area (Å²) in [5.41, 5.74) is 0.498. The zero-order valence-corrected chi connectivity index (χ0v) is 30.8. The lowest BCUT2D eigenvalue weighted by atomic mass is 9.85. The average Bonchev–Trinajstić information content (AvgIpc) is 3.70. The summed E-state index contributed by atoms with van der Waals surface area (Å²) in [6, 6.07) is 11.7. The number of amides is 2. The third-order valence-corrected chi connectivity index (χ3v) is 12.4. The van der Waals surface area contributed by atoms with Crippen molar-refractivity contribution in [3.63, 3.8) is 0 Å². The van der Waals surface area contributed by atoms with Crippen LogP contribution in [0.3, 0.4) is 0 Å². The van der Waals surface area contributed by atoms with Gasteiger partial charge in [-0.15, -0.1) is 0 Å². The molecule has 262 valence electrons. The first-order valence-electron chi connectivity index (χ1n) is 16.5. The molecule has 1 unspecified atom stereocenters. The van der Waals surface area contributed by atoms with Gasteiger partial charge in [0.2, 0.25) is 0 Å². The predicted octanol–water partition coefficient (Wildman–Crippen LogP) is 8.17. The fourth-order valence-electron chi connectivity index (χ4n) is 5.91. The van der Waals surface area contributed by atoms with Crippen LogP contribution in [0, 0.1) is 11.3 Å². The van der Waals surface area contributed by atoms with Crippen molar-refractivity contribution in [2.75, 3.05) is 6.61 Å². The fraction of sp³-hybridized carbons (Fsp3) is 0.571. The van der Waals surface area contributed by atoms with Gasteiger partial charge in [-0.2, -0.15) is 13.2 Å². The Kier molecular flexibility index (Phi) is 9.94. The first kappa shape index (κ1) is 36.4. The number of hydrogen-bond acceptors (Lipinski definition) is 5. The standard InChI is InChI=1S/C35H47F3N4O4SSi/c1-33(2,3)47(45)40-27(20-34(4,5)35(36,37)38)30-39-26-19-23(15-16-28(26)41(30)21-46-17-18-48(6,7)8)29(22-13-14-22)42-31(43)24-11-9-10-12-25(24)32(42)44/h9-12,15-16,19,22,27,29,40H,13-14,17-18,20-21H2,1-8H3/t27-,29+,47?/m0/s1. The van der Waals surface area contributed by atoms with E-state index in [9.17, 15) is 27.0 Å². The molecular weight excluding hydrogens is 658 g/mol. The van der Waals surface area contributed by atoms with E-state index in [4.69, 9.17) is 9.72 Å². The minimum Gasteiger partial charge on any atom is -0.361 e. The Morgan fingerprint density at radius 2 is 1.60 bits per heavy atom. The van der Waals surface area contributed by atoms with Gasteiger partial charge in [0.25, 0.3) is 11.8 Å². The van der Waals surface area contributed by atoms with Crippen molar-refractivity contribution in [1.82, 2.24) is 19.2 Å². The maximum absolute atomic E-state index is 14.3. The van der Waals surface area contributed by atoms with Crippen LogP contribution in [-0.4, -0.2) is 56.1 Å². The molecule has 48 heavy (non-hydrogen) atoms. The Morgan fingerprint density at radius 3 is 2.12 bits per heavy atom. The summed E-state index contributed by atoms with van der Waals surface area (Å²) >= 11 is 0. The maximum atomic E-state index is 14.3. The molecule has 1 saturated carbocycles. The highest BCUT2D eigenvalue weighted by atomic mass is 32.2. The molecule has 1 N–H and O–H groups in total. The smallest absolute Gasteiger partial charge is 0.361 e. The number of halogens is 3. The van der Waals surface area contributed by atoms with Crippen LogP contribution in [0.25, 0.3) is 11.0 Å². The lowest BCUT2D eigenvalue weighted by Crippen LogP contribution is -2.41. The van der Waals surface area contributed by atoms with Crippen molar-refractivity contribution in [1.29, 1.82) is 0 Å². The molecule has 2 heterocycles. The van der Waals surface area contributed by atoms with Crippen LogP contribution in [0.4, 0.5) is 13.2 Å². The number of ether oxygens (including phenoxy) is 1. The van der Waals surface area contributed by atoms with Gasteiger partial charge in [-0.1, -0.05) is 51.7 Å². The fourth-order valence-corrected chi connectivity index (χ4v) is 7.46. The number of hydrogen-bond donors (Lipinski definition) is 1. The number of nitrogens with one attached hydrogen (secondary N) is 1. The Bertz CT molecular complexity index is 1690. The van der Waals surface area contributed by atoms with E-state index in [0.717, 1.165) is 38.3 Å². The summed E-state index contributed by atoms with van der Waals surface area (Å²) in [5.74, 6) is -0.294. The average molecular weight is 705 g/mol. The lowest BCUT2D eigenvalue weighted by molar-refractivity contribution is -0.215. The Labute approximate surface area is 284 Å². The van der Waals surface area contributed by atoms with Crippen LogP contribution in [0.15, 0.2) is 42.5 Å². The zero-order valence-electron chi connectivity index (χ0n) is 29.0. The van der Waals surface area contributed by atoms with Crippen molar-refractivity contribution >= 4 is 41.9 Å². The molecule has 1 fully saturated rings. The van der Waals surface area contributed by atoms with Crippen LogP contribution in [0.1, 0.15) is 98.1 Å². The van der Waals surface area contributed by atoms with Gasteiger partial charge in [0, 0.05) is 14.7 Å². The molecule has 3 atom stereocenters. The molecule has 0 spiro atoms. The third-order valence-electron chi connectivity index (χ3n) is 9.13. The number of nitrogens with zero attached hydrogens (tertiary/aromatic N) is 3. The molecule has 2 aliphatic rings. The molecule has 5 rings (SSSR count). The molecule has 13 heteroatoms. The van der Waals surface area contributed by atoms with E-state index in [-0.39, 0.29) is 30.3 Å². The molecular formula is C35H47F3N4O4SSi. The molecule has 0 bridgehead atoms. The van der Waals surface area contributed by atoms with Gasteiger partial charge in [0.15, 0.2) is 0 Å². The minimum absolute atomic E-state index is 0.0485. The lowest BCUT2D eigenvalue weighted by Gasteiger charge is -2.33. The van der Waals surface area contributed by atoms with Gasteiger partial charge in [-0.3, -0.25) is 14.5 Å². The number of alkyl halides is 3. The van der Waals surface area contributed by atoms with Crippen LogP contribution >= 0.6 is 0 Å². The number of aromatic nitrogens is 2. The van der Waals surface area contributed by atoms with E-state index in [1.165, 1.54) is 4.90 Å². The molecule has 1 aliphatic carbocycles. The highest BCUT2D eigenvalue weighted by Crippen LogP contribution is 2.48. The number of rotatable bonds is 13. The minimum atomic E-state index is -4.52. The molecule has 2 aromatic carbocycles. The quantitative estimate of drug-likeness (QED) is 0.110. The normalized spacial score (nSPS) is 18.0. The second-order valence-corrected chi connectivity index (χ2v) is 23.6. The van der Waals surface area contributed by atoms with Gasteiger partial charge in [-0.25, -0.2) is 13.9 Å². The summed E-state index contributed by atoms with van der Waals surface area (Å²) in [5, 5.41) is 0. The third kappa shape index (κ3) is 7.63. The SMILES string of the molecule is CC(C)(C)S(=O)N[C@@H](CC(C)(C)C(F)(F)F)c1nc2cc([C@@H](C3CC3)N3C(=O)c4ccccc4C3=O)ccc2n1COCC[Si](C)(C)C. The van der Waals surface area contributed by atoms with Gasteiger partial charge in [0.05, 0.1) is 55.4 Å². The Hall–Kier alpha value is -2.87. The highest BCUT2D eigenvalue weighted by molar-refractivity contribution is 7.84. The van der Waals surface area contributed by atoms with Gasteiger partial charge in [0.1, 0.15) is 12.6 Å². The van der Waals surface area contributed by atoms with Crippen molar-refractivity contribution in [2.45, 2.75) is 109 Å². The largest absolute Gasteiger partial charge is 0.394 e. The van der Waals surface area contributed by atoms with Crippen molar-refractivity contribution < 1.29 is 31.7 Å². The molecule has 1 aliphatic heterocycles. The number of carbonyl (C=O) groups is 2. The van der Waals surface area contributed by atoms with Gasteiger partial charge in [-0.05, 0) is 81.8 Å². The number of imidazole rings is 1. The van der Waals surface area contributed by atoms with E-state index in [2.05, 4.69) is 24.4 Å². The van der Waals surface area contributed by atoms with Crippen molar-refractivity contribution in [3.05, 3.63) is 65.0 Å². The summed E-state index contributed by atoms with van der Waals surface area (Å²) in [6.45, 7) is 14.8. The summed E-state index contributed by atoms with van der Waals surface area (Å²) in [4.78, 5) is 33.3. The molecule has 2 amide bonds. The predicted molar refractivity (Wildman–Crippen MR) is 184 cm³/mol. The van der Waals surface area contributed by atoms with Crippen molar-refractivity contribution in [3.8, 4) is 0 Å². The first-order valence-corrected chi connectivity index (χ1v) is 21.3. The number of carbonyl (C=O) groups excluding carboxylic acids is 2. The summed E-state index contributed by atoms with van der Waals surface area (Å²) in [7, 11) is -3.13. The van der Waals surface area contributed by atoms with E-state index >= 15 is 0 Å².